The Kier molecular flexibility index (Phi) is 5.74. The fraction of sp³-hybridized carbons (Fsp3) is 0.654. The van der Waals surface area contributed by atoms with Gasteiger partial charge in [-0.2, -0.15) is 13.2 Å². The summed E-state index contributed by atoms with van der Waals surface area (Å²) in [5, 5.41) is 0. The van der Waals surface area contributed by atoms with Crippen molar-refractivity contribution in [3.8, 4) is 0 Å². The maximum Gasteiger partial charge on any atom is 0.416 e. The SMILES string of the molecule is C[C@@H]1CCC[C@@]2(C)C[C@H]3OC(=O)[C@H](CN4CCN(c5cccc(C(F)(F)F)c5)CC4)[C@@H]3C=C12. The number of fused-ring (bicyclic) bond motifs is 2. The van der Waals surface area contributed by atoms with E-state index in [1.807, 2.05) is 4.90 Å². The van der Waals surface area contributed by atoms with Gasteiger partial charge in [-0.15, -0.1) is 0 Å². The number of alkyl halides is 3. The van der Waals surface area contributed by atoms with E-state index in [-0.39, 0.29) is 29.3 Å². The molecule has 7 heteroatoms. The highest BCUT2D eigenvalue weighted by atomic mass is 19.4. The van der Waals surface area contributed by atoms with E-state index in [1.165, 1.54) is 37.0 Å². The average molecular weight is 463 g/mol. The lowest BCUT2D eigenvalue weighted by molar-refractivity contribution is -0.145. The van der Waals surface area contributed by atoms with Crippen LogP contribution in [-0.4, -0.2) is 49.7 Å². The van der Waals surface area contributed by atoms with Gasteiger partial charge in [-0.3, -0.25) is 9.69 Å². The first-order chi connectivity index (χ1) is 15.6. The zero-order valence-electron chi connectivity index (χ0n) is 19.4. The molecule has 3 fully saturated rings. The molecule has 180 valence electrons. The minimum Gasteiger partial charge on any atom is -0.461 e. The normalized spacial score (nSPS) is 35.0. The maximum absolute atomic E-state index is 13.1. The lowest BCUT2D eigenvalue weighted by Gasteiger charge is -2.46. The fourth-order valence-corrected chi connectivity index (χ4v) is 6.60. The minimum absolute atomic E-state index is 0.0204. The number of esters is 1. The molecule has 0 spiro atoms. The maximum atomic E-state index is 13.1. The summed E-state index contributed by atoms with van der Waals surface area (Å²) in [7, 11) is 0. The second kappa shape index (κ2) is 8.33. The molecule has 0 amide bonds. The van der Waals surface area contributed by atoms with Crippen molar-refractivity contribution in [2.75, 3.05) is 37.6 Å². The van der Waals surface area contributed by atoms with Gasteiger partial charge in [0.25, 0.3) is 0 Å². The molecule has 0 bridgehead atoms. The van der Waals surface area contributed by atoms with E-state index in [9.17, 15) is 18.0 Å². The molecule has 0 N–H and O–H groups in total. The second-order valence-corrected chi connectivity index (χ2v) is 10.7. The first-order valence-corrected chi connectivity index (χ1v) is 12.2. The molecule has 4 nitrogen and oxygen atoms in total. The number of carbonyl (C=O) groups is 1. The summed E-state index contributed by atoms with van der Waals surface area (Å²) >= 11 is 0. The number of hydrogen-bond acceptors (Lipinski definition) is 4. The zero-order chi connectivity index (χ0) is 23.4. The molecule has 1 aromatic carbocycles. The highest BCUT2D eigenvalue weighted by Gasteiger charge is 2.52. The number of halogens is 3. The third-order valence-corrected chi connectivity index (χ3v) is 8.45. The molecular weight excluding hydrogens is 429 g/mol. The van der Waals surface area contributed by atoms with E-state index in [1.54, 1.807) is 6.07 Å². The Morgan fingerprint density at radius 1 is 1.18 bits per heavy atom. The van der Waals surface area contributed by atoms with Crippen molar-refractivity contribution in [3.63, 3.8) is 0 Å². The molecule has 1 saturated carbocycles. The molecule has 0 unspecified atom stereocenters. The summed E-state index contributed by atoms with van der Waals surface area (Å²) in [6, 6.07) is 5.54. The monoisotopic (exact) mass is 462 g/mol. The average Bonchev–Trinajstić information content (AvgIpc) is 3.06. The van der Waals surface area contributed by atoms with Crippen LogP contribution in [0, 0.1) is 23.2 Å². The topological polar surface area (TPSA) is 32.8 Å². The van der Waals surface area contributed by atoms with Gasteiger partial charge in [0, 0.05) is 44.3 Å². The van der Waals surface area contributed by atoms with Crippen molar-refractivity contribution in [3.05, 3.63) is 41.5 Å². The summed E-state index contributed by atoms with van der Waals surface area (Å²) < 4.78 is 45.1. The van der Waals surface area contributed by atoms with E-state index in [0.29, 0.717) is 31.2 Å². The van der Waals surface area contributed by atoms with Gasteiger partial charge in [0.05, 0.1) is 11.5 Å². The molecule has 2 aliphatic carbocycles. The molecule has 4 aliphatic rings. The number of benzene rings is 1. The van der Waals surface area contributed by atoms with Gasteiger partial charge in [0.2, 0.25) is 0 Å². The first kappa shape index (κ1) is 22.8. The van der Waals surface area contributed by atoms with E-state index in [0.717, 1.165) is 25.6 Å². The van der Waals surface area contributed by atoms with Gasteiger partial charge in [0.1, 0.15) is 6.10 Å². The molecule has 0 aromatic heterocycles. The van der Waals surface area contributed by atoms with E-state index in [2.05, 4.69) is 24.8 Å². The largest absolute Gasteiger partial charge is 0.461 e. The second-order valence-electron chi connectivity index (χ2n) is 10.7. The number of anilines is 1. The van der Waals surface area contributed by atoms with Gasteiger partial charge in [0.15, 0.2) is 0 Å². The van der Waals surface area contributed by atoms with Crippen LogP contribution in [0.1, 0.15) is 45.1 Å². The molecule has 5 rings (SSSR count). The standard InChI is InChI=1S/C26H33F3N2O2/c1-17-5-4-8-25(2)15-23-20(14-22(17)25)21(24(32)33-23)16-30-9-11-31(12-10-30)19-7-3-6-18(13-19)26(27,28)29/h3,6-7,13-14,17,20-21,23H,4-5,8-12,15-16H2,1-2H3/t17-,20+,21-,23-,25+/m1/s1. The number of nitrogens with zero attached hydrogens (tertiary/aromatic N) is 2. The Bertz CT molecular complexity index is 938. The van der Waals surface area contributed by atoms with Crippen LogP contribution in [0.5, 0.6) is 0 Å². The number of allylic oxidation sites excluding steroid dienone is 1. The fourth-order valence-electron chi connectivity index (χ4n) is 6.60. The number of ether oxygens (including phenoxy) is 1. The van der Waals surface area contributed by atoms with Crippen molar-refractivity contribution in [1.29, 1.82) is 0 Å². The summed E-state index contributed by atoms with van der Waals surface area (Å²) in [6.07, 6.45) is 2.58. The summed E-state index contributed by atoms with van der Waals surface area (Å²) in [6.45, 7) is 8.04. The third kappa shape index (κ3) is 4.29. The molecule has 2 saturated heterocycles. The van der Waals surface area contributed by atoms with Crippen molar-refractivity contribution in [2.45, 2.75) is 51.8 Å². The zero-order valence-corrected chi connectivity index (χ0v) is 19.4. The molecule has 33 heavy (non-hydrogen) atoms. The Morgan fingerprint density at radius 3 is 2.67 bits per heavy atom. The van der Waals surface area contributed by atoms with Crippen LogP contribution in [0.3, 0.4) is 0 Å². The lowest BCUT2D eigenvalue weighted by atomic mass is 9.59. The van der Waals surface area contributed by atoms with Gasteiger partial charge < -0.3 is 9.64 Å². The number of hydrogen-bond donors (Lipinski definition) is 0. The van der Waals surface area contributed by atoms with Crippen LogP contribution < -0.4 is 4.90 Å². The number of piperazine rings is 1. The van der Waals surface area contributed by atoms with Crippen LogP contribution in [0.25, 0.3) is 0 Å². The van der Waals surface area contributed by atoms with Crippen molar-refractivity contribution < 1.29 is 22.7 Å². The summed E-state index contributed by atoms with van der Waals surface area (Å²) in [4.78, 5) is 17.1. The minimum atomic E-state index is -4.34. The highest BCUT2D eigenvalue weighted by Crippen LogP contribution is 2.54. The Labute approximate surface area is 193 Å². The molecule has 5 atom stereocenters. The van der Waals surface area contributed by atoms with Gasteiger partial charge in [-0.1, -0.05) is 38.0 Å². The lowest BCUT2D eigenvalue weighted by Crippen LogP contribution is -2.49. The number of rotatable bonds is 3. The van der Waals surface area contributed by atoms with Crippen LogP contribution in [-0.2, 0) is 15.7 Å². The number of carbonyl (C=O) groups excluding carboxylic acids is 1. The third-order valence-electron chi connectivity index (χ3n) is 8.45. The highest BCUT2D eigenvalue weighted by molar-refractivity contribution is 5.76. The smallest absolute Gasteiger partial charge is 0.416 e. The van der Waals surface area contributed by atoms with Crippen molar-refractivity contribution in [1.82, 2.24) is 4.90 Å². The van der Waals surface area contributed by atoms with Gasteiger partial charge in [-0.25, -0.2) is 0 Å². The van der Waals surface area contributed by atoms with Crippen molar-refractivity contribution >= 4 is 11.7 Å². The van der Waals surface area contributed by atoms with E-state index < -0.39 is 11.7 Å². The molecule has 0 radical (unpaired) electrons. The summed E-state index contributed by atoms with van der Waals surface area (Å²) in [5.74, 6) is 0.470. The van der Waals surface area contributed by atoms with E-state index in [4.69, 9.17) is 4.74 Å². The Morgan fingerprint density at radius 2 is 1.94 bits per heavy atom. The van der Waals surface area contributed by atoms with E-state index >= 15 is 0 Å². The first-order valence-electron chi connectivity index (χ1n) is 12.2. The molecule has 1 aromatic rings. The van der Waals surface area contributed by atoms with Crippen LogP contribution in [0.2, 0.25) is 0 Å². The molecular formula is C26H33F3N2O2. The summed E-state index contributed by atoms with van der Waals surface area (Å²) in [5.41, 5.74) is 1.67. The molecule has 2 heterocycles. The van der Waals surface area contributed by atoms with Gasteiger partial charge in [-0.05, 0) is 48.8 Å². The van der Waals surface area contributed by atoms with Crippen LogP contribution >= 0.6 is 0 Å². The van der Waals surface area contributed by atoms with Crippen LogP contribution in [0.15, 0.2) is 35.9 Å². The van der Waals surface area contributed by atoms with Crippen molar-refractivity contribution in [2.24, 2.45) is 23.2 Å². The predicted molar refractivity (Wildman–Crippen MR) is 121 cm³/mol. The Balaban J connectivity index is 1.24. The van der Waals surface area contributed by atoms with Crippen LogP contribution in [0.4, 0.5) is 18.9 Å². The molecule has 2 aliphatic heterocycles. The predicted octanol–water partition coefficient (Wildman–Crippen LogP) is 5.14. The Hall–Kier alpha value is -2.02. The quantitative estimate of drug-likeness (QED) is 0.460. The van der Waals surface area contributed by atoms with Gasteiger partial charge >= 0.3 is 12.1 Å².